The van der Waals surface area contributed by atoms with Gasteiger partial charge in [0, 0.05) is 0 Å². The summed E-state index contributed by atoms with van der Waals surface area (Å²) in [5, 5.41) is 19.8. The van der Waals surface area contributed by atoms with Crippen LogP contribution in [0.5, 0.6) is 0 Å². The van der Waals surface area contributed by atoms with E-state index in [1.807, 2.05) is 0 Å². The van der Waals surface area contributed by atoms with Gasteiger partial charge >= 0.3 is 7.27 Å². The molecule has 0 amide bonds. The van der Waals surface area contributed by atoms with Gasteiger partial charge in [-0.3, -0.25) is 8.63 Å². The molecule has 0 unspecified atom stereocenters. The van der Waals surface area contributed by atoms with Crippen LogP contribution >= 0.6 is 0 Å². The van der Waals surface area contributed by atoms with Crippen molar-refractivity contribution in [3.05, 3.63) is 0 Å². The summed E-state index contributed by atoms with van der Waals surface area (Å²) in [6.07, 6.45) is 0.352. The van der Waals surface area contributed by atoms with Gasteiger partial charge in [0.25, 0.3) is 0 Å². The fourth-order valence-electron chi connectivity index (χ4n) is 0.185. The zero-order valence-electron chi connectivity index (χ0n) is 4.20. The first kappa shape index (κ1) is 7.86. The highest BCUT2D eigenvalue weighted by atomic mass is 19.2. The summed E-state index contributed by atoms with van der Waals surface area (Å²) in [5.41, 5.74) is -0.975. The van der Waals surface area contributed by atoms with E-state index >= 15 is 0 Å². The molecule has 0 aliphatic heterocycles. The number of rotatable bonds is 2. The molecular weight excluding hydrogens is 133 g/mol. The van der Waals surface area contributed by atoms with Crippen molar-refractivity contribution in [3.8, 4) is 0 Å². The number of nitrogens with zero attached hydrogens (tertiary/aromatic N) is 2. The molecule has 0 saturated carbocycles. The Morgan fingerprint density at radius 1 is 1.44 bits per heavy atom. The molecule has 7 heteroatoms. The summed E-state index contributed by atoms with van der Waals surface area (Å²) in [7, 11) is -2.93. The molecule has 0 aromatic heterocycles. The van der Waals surface area contributed by atoms with Crippen molar-refractivity contribution in [1.82, 2.24) is 0 Å². The molecule has 0 heterocycles. The van der Waals surface area contributed by atoms with Crippen LogP contribution in [0.2, 0.25) is 0 Å². The molecule has 0 atom stereocenters. The van der Waals surface area contributed by atoms with Crippen LogP contribution in [0, 0.1) is 0 Å². The maximum Gasteiger partial charge on any atom is 0.595 e. The van der Waals surface area contributed by atoms with Crippen LogP contribution in [0.25, 0.3) is 0 Å². The van der Waals surface area contributed by atoms with Gasteiger partial charge in [0.2, 0.25) is 0 Å². The van der Waals surface area contributed by atoms with Gasteiger partial charge in [-0.05, 0) is 0 Å². The minimum Gasteiger partial charge on any atom is -0.411 e. The van der Waals surface area contributed by atoms with Crippen molar-refractivity contribution < 1.29 is 19.0 Å². The molecule has 0 saturated heterocycles. The molecule has 0 aromatic rings. The molecule has 0 bridgehead atoms. The monoisotopic (exact) mass is 136 g/mol. The highest BCUT2D eigenvalue weighted by molar-refractivity contribution is 6.91. The second-order valence-electron chi connectivity index (χ2n) is 1.07. The summed E-state index contributed by atoms with van der Waals surface area (Å²) >= 11 is 0. The first-order valence-corrected chi connectivity index (χ1v) is 1.90. The van der Waals surface area contributed by atoms with Crippen LogP contribution in [0.4, 0.5) is 8.63 Å². The van der Waals surface area contributed by atoms with Gasteiger partial charge in [0.05, 0.1) is 6.21 Å². The van der Waals surface area contributed by atoms with E-state index in [1.165, 1.54) is 0 Å². The van der Waals surface area contributed by atoms with Gasteiger partial charge in [-0.15, -0.1) is 0 Å². The molecular formula is C2H3BF2N2O2. The Bertz CT molecular complexity index is 137. The fraction of sp³-hybridized carbons (Fsp3) is 0. The van der Waals surface area contributed by atoms with Crippen molar-refractivity contribution in [2.24, 2.45) is 10.3 Å². The van der Waals surface area contributed by atoms with E-state index in [0.29, 0.717) is 6.21 Å². The van der Waals surface area contributed by atoms with Crippen LogP contribution < -0.4 is 0 Å². The fourth-order valence-corrected chi connectivity index (χ4v) is 0.185. The van der Waals surface area contributed by atoms with Crippen LogP contribution in [-0.2, 0) is 0 Å². The zero-order valence-corrected chi connectivity index (χ0v) is 4.20. The Labute approximate surface area is 49.6 Å². The van der Waals surface area contributed by atoms with E-state index in [-0.39, 0.29) is 0 Å². The molecule has 50 valence electrons. The molecule has 0 spiro atoms. The predicted octanol–water partition coefficient (Wildman–Crippen LogP) is 0.243. The van der Waals surface area contributed by atoms with Crippen LogP contribution in [-0.4, -0.2) is 29.5 Å². The Kier molecular flexibility index (Phi) is 3.34. The van der Waals surface area contributed by atoms with Crippen molar-refractivity contribution in [2.45, 2.75) is 0 Å². The average molecular weight is 136 g/mol. The molecule has 0 aliphatic rings. The lowest BCUT2D eigenvalue weighted by atomic mass is 9.91. The minimum atomic E-state index is -2.93. The Balaban J connectivity index is 4.01. The highest BCUT2D eigenvalue weighted by Crippen LogP contribution is 1.87. The molecule has 4 nitrogen and oxygen atoms in total. The lowest BCUT2D eigenvalue weighted by molar-refractivity contribution is 0.316. The zero-order chi connectivity index (χ0) is 7.28. The molecule has 0 radical (unpaired) electrons. The maximum absolute atomic E-state index is 11.4. The molecule has 0 rings (SSSR count). The van der Waals surface area contributed by atoms with Crippen molar-refractivity contribution >= 4 is 19.1 Å². The highest BCUT2D eigenvalue weighted by Gasteiger charge is 2.20. The molecule has 0 aliphatic carbocycles. The lowest BCUT2D eigenvalue weighted by Gasteiger charge is -1.85. The van der Waals surface area contributed by atoms with Gasteiger partial charge in [-0.1, -0.05) is 10.3 Å². The maximum atomic E-state index is 11.4. The van der Waals surface area contributed by atoms with Gasteiger partial charge in [-0.2, -0.15) is 0 Å². The smallest absolute Gasteiger partial charge is 0.411 e. The summed E-state index contributed by atoms with van der Waals surface area (Å²) < 4.78 is 22.8. The summed E-state index contributed by atoms with van der Waals surface area (Å²) in [4.78, 5) is 0. The summed E-state index contributed by atoms with van der Waals surface area (Å²) in [6.45, 7) is 0. The topological polar surface area (TPSA) is 65.2 Å². The van der Waals surface area contributed by atoms with Crippen LogP contribution in [0.1, 0.15) is 0 Å². The molecule has 9 heavy (non-hydrogen) atoms. The first-order valence-electron chi connectivity index (χ1n) is 1.90. The average Bonchev–Trinajstić information content (AvgIpc) is 1.82. The SMILES string of the molecule is ON=CC(=NO)B(F)F. The van der Waals surface area contributed by atoms with E-state index < -0.39 is 12.9 Å². The largest absolute Gasteiger partial charge is 0.595 e. The number of oxime groups is 2. The van der Waals surface area contributed by atoms with Gasteiger partial charge < -0.3 is 10.4 Å². The van der Waals surface area contributed by atoms with E-state index in [1.54, 1.807) is 0 Å². The number of hydrogen-bond acceptors (Lipinski definition) is 4. The minimum absolute atomic E-state index is 0.352. The van der Waals surface area contributed by atoms with Crippen LogP contribution in [0.15, 0.2) is 10.3 Å². The van der Waals surface area contributed by atoms with Crippen LogP contribution in [0.3, 0.4) is 0 Å². The van der Waals surface area contributed by atoms with E-state index in [0.717, 1.165) is 0 Å². The molecule has 0 aromatic carbocycles. The van der Waals surface area contributed by atoms with Crippen molar-refractivity contribution in [1.29, 1.82) is 0 Å². The van der Waals surface area contributed by atoms with Gasteiger partial charge in [0.1, 0.15) is 5.61 Å². The predicted molar refractivity (Wildman–Crippen MR) is 27.5 cm³/mol. The molecule has 2 N–H and O–H groups in total. The summed E-state index contributed by atoms with van der Waals surface area (Å²) in [6, 6.07) is 0. The Morgan fingerprint density at radius 2 is 2.00 bits per heavy atom. The Hall–Kier alpha value is -1.14. The third kappa shape index (κ3) is 2.63. The molecule has 0 fully saturated rings. The normalized spacial score (nSPS) is 12.4. The van der Waals surface area contributed by atoms with Gasteiger partial charge in [-0.25, -0.2) is 0 Å². The number of halogens is 2. The number of hydrogen-bond donors (Lipinski definition) is 2. The first-order chi connectivity index (χ1) is 4.22. The quantitative estimate of drug-likeness (QED) is 0.247. The lowest BCUT2D eigenvalue weighted by Crippen LogP contribution is -2.16. The third-order valence-electron chi connectivity index (χ3n) is 0.529. The van der Waals surface area contributed by atoms with Crippen molar-refractivity contribution in [3.63, 3.8) is 0 Å². The van der Waals surface area contributed by atoms with E-state index in [4.69, 9.17) is 10.4 Å². The second-order valence-corrected chi connectivity index (χ2v) is 1.07. The standard InChI is InChI=1S/C2H3BF2N2O2/c4-3(5)2(7-9)1-6-8/h1,8-9H. The second kappa shape index (κ2) is 3.82. The Morgan fingerprint density at radius 3 is 2.11 bits per heavy atom. The summed E-state index contributed by atoms with van der Waals surface area (Å²) in [5.74, 6) is 0. The van der Waals surface area contributed by atoms with E-state index in [2.05, 4.69) is 10.3 Å². The van der Waals surface area contributed by atoms with Crippen molar-refractivity contribution in [2.75, 3.05) is 0 Å². The van der Waals surface area contributed by atoms with Gasteiger partial charge in [0.15, 0.2) is 0 Å². The van der Waals surface area contributed by atoms with E-state index in [9.17, 15) is 8.63 Å². The third-order valence-corrected chi connectivity index (χ3v) is 0.529.